The summed E-state index contributed by atoms with van der Waals surface area (Å²) in [7, 11) is 0. The Kier molecular flexibility index (Phi) is 3.97. The molecule has 0 saturated heterocycles. The predicted molar refractivity (Wildman–Crippen MR) is 77.3 cm³/mol. The van der Waals surface area contributed by atoms with Crippen LogP contribution in [0.4, 0.5) is 5.69 Å². The zero-order valence-electron chi connectivity index (χ0n) is 11.2. The number of fused-ring (bicyclic) bond motifs is 1. The van der Waals surface area contributed by atoms with E-state index in [0.717, 1.165) is 12.2 Å². The van der Waals surface area contributed by atoms with E-state index >= 15 is 0 Å². The van der Waals surface area contributed by atoms with Crippen molar-refractivity contribution in [3.05, 3.63) is 23.3 Å². The number of rotatable bonds is 2. The minimum absolute atomic E-state index is 0.139. The smallest absolute Gasteiger partial charge is 0.228 e. The molecule has 2 N–H and O–H groups in total. The molecule has 0 saturated carbocycles. The van der Waals surface area contributed by atoms with Gasteiger partial charge in [-0.1, -0.05) is 19.1 Å². The lowest BCUT2D eigenvalue weighted by atomic mass is 10.1. The molecule has 0 bridgehead atoms. The van der Waals surface area contributed by atoms with Gasteiger partial charge in [0.25, 0.3) is 0 Å². The lowest BCUT2D eigenvalue weighted by molar-refractivity contribution is -0.118. The Labute approximate surface area is 113 Å². The maximum Gasteiger partial charge on any atom is 0.228 e. The summed E-state index contributed by atoms with van der Waals surface area (Å²) in [5.74, 6) is 0.139. The van der Waals surface area contributed by atoms with E-state index in [1.54, 1.807) is 0 Å². The Morgan fingerprint density at radius 2 is 2.11 bits per heavy atom. The second kappa shape index (κ2) is 5.33. The number of aryl methyl sites for hydroxylation is 2. The maximum absolute atomic E-state index is 12.2. The van der Waals surface area contributed by atoms with Crippen LogP contribution in [0.5, 0.6) is 0 Å². The Balaban J connectivity index is 2.47. The van der Waals surface area contributed by atoms with E-state index in [2.05, 4.69) is 32.9 Å². The number of nitrogens with two attached hydrogens (primary N) is 1. The molecule has 1 unspecified atom stereocenters. The molecule has 18 heavy (non-hydrogen) atoms. The van der Waals surface area contributed by atoms with Gasteiger partial charge in [0.05, 0.1) is 5.69 Å². The molecule has 1 aromatic rings. The molecular weight excluding hydrogens is 244 g/mol. The second-order valence-electron chi connectivity index (χ2n) is 4.85. The first-order valence-corrected chi connectivity index (χ1v) is 7.20. The molecule has 98 valence electrons. The first kappa shape index (κ1) is 13.4. The van der Waals surface area contributed by atoms with E-state index in [-0.39, 0.29) is 5.91 Å². The fourth-order valence-corrected chi connectivity index (χ4v) is 3.59. The van der Waals surface area contributed by atoms with E-state index in [0.29, 0.717) is 18.2 Å². The zero-order valence-corrected chi connectivity index (χ0v) is 12.0. The minimum Gasteiger partial charge on any atom is -0.330 e. The number of amides is 1. The van der Waals surface area contributed by atoms with Crippen molar-refractivity contribution in [1.29, 1.82) is 0 Å². The van der Waals surface area contributed by atoms with Crippen molar-refractivity contribution < 1.29 is 4.79 Å². The quantitative estimate of drug-likeness (QED) is 0.892. The third-order valence-electron chi connectivity index (χ3n) is 3.22. The first-order valence-electron chi connectivity index (χ1n) is 6.32. The van der Waals surface area contributed by atoms with Gasteiger partial charge in [-0.15, -0.1) is 11.8 Å². The highest BCUT2D eigenvalue weighted by Gasteiger charge is 2.28. The highest BCUT2D eigenvalue weighted by atomic mass is 32.2. The van der Waals surface area contributed by atoms with Crippen molar-refractivity contribution in [1.82, 2.24) is 0 Å². The Bertz CT molecular complexity index is 473. The molecule has 4 heteroatoms. The molecule has 0 aliphatic carbocycles. The number of nitrogens with zero attached hydrogens (tertiary/aromatic N) is 1. The topological polar surface area (TPSA) is 46.3 Å². The van der Waals surface area contributed by atoms with Crippen molar-refractivity contribution >= 4 is 23.4 Å². The maximum atomic E-state index is 12.2. The third kappa shape index (κ3) is 2.40. The summed E-state index contributed by atoms with van der Waals surface area (Å²) in [6.45, 7) is 7.53. The van der Waals surface area contributed by atoms with Crippen molar-refractivity contribution in [3.8, 4) is 0 Å². The van der Waals surface area contributed by atoms with Crippen LogP contribution >= 0.6 is 11.8 Å². The van der Waals surface area contributed by atoms with Crippen molar-refractivity contribution in [2.45, 2.75) is 37.3 Å². The molecule has 2 rings (SSSR count). The normalized spacial score (nSPS) is 18.7. The molecule has 1 aliphatic rings. The van der Waals surface area contributed by atoms with Crippen molar-refractivity contribution in [2.24, 2.45) is 5.73 Å². The largest absolute Gasteiger partial charge is 0.330 e. The van der Waals surface area contributed by atoms with Gasteiger partial charge in [-0.3, -0.25) is 4.79 Å². The van der Waals surface area contributed by atoms with E-state index in [1.807, 2.05) is 16.7 Å². The van der Waals surface area contributed by atoms with Crippen LogP contribution in [-0.4, -0.2) is 24.2 Å². The molecule has 1 atom stereocenters. The Morgan fingerprint density at radius 3 is 2.78 bits per heavy atom. The second-order valence-corrected chi connectivity index (χ2v) is 6.30. The van der Waals surface area contributed by atoms with Crippen LogP contribution in [-0.2, 0) is 4.79 Å². The first-order chi connectivity index (χ1) is 8.54. The number of carbonyl (C=O) groups excluding carboxylic acids is 1. The molecule has 1 aliphatic heterocycles. The van der Waals surface area contributed by atoms with Crippen molar-refractivity contribution in [3.63, 3.8) is 0 Å². The van der Waals surface area contributed by atoms with E-state index in [9.17, 15) is 4.79 Å². The molecular formula is C14H20N2OS. The monoisotopic (exact) mass is 264 g/mol. The predicted octanol–water partition coefficient (Wildman–Crippen LogP) is 2.48. The molecule has 1 aromatic carbocycles. The lowest BCUT2D eigenvalue weighted by Gasteiger charge is -2.35. The number of benzene rings is 1. The highest BCUT2D eigenvalue weighted by molar-refractivity contribution is 8.00. The third-order valence-corrected chi connectivity index (χ3v) is 4.52. The number of thioether (sulfide) groups is 1. The van der Waals surface area contributed by atoms with E-state index < -0.39 is 0 Å². The number of hydrogen-bond donors (Lipinski definition) is 1. The average Bonchev–Trinajstić information content (AvgIpc) is 2.33. The van der Waals surface area contributed by atoms with E-state index in [1.165, 1.54) is 16.0 Å². The van der Waals surface area contributed by atoms with Crippen LogP contribution < -0.4 is 10.6 Å². The van der Waals surface area contributed by atoms with Gasteiger partial charge in [-0.25, -0.2) is 0 Å². The summed E-state index contributed by atoms with van der Waals surface area (Å²) in [6, 6.07) is 4.22. The molecule has 0 fully saturated rings. The summed E-state index contributed by atoms with van der Waals surface area (Å²) in [4.78, 5) is 15.4. The minimum atomic E-state index is 0.139. The molecule has 0 aromatic heterocycles. The SMILES string of the molecule is Cc1ccc(C)c2c1SC(C)CN2C(=O)CCN. The van der Waals surface area contributed by atoms with Crippen LogP contribution in [0.3, 0.4) is 0 Å². The van der Waals surface area contributed by atoms with Crippen LogP contribution in [0.25, 0.3) is 0 Å². The van der Waals surface area contributed by atoms with Gasteiger partial charge >= 0.3 is 0 Å². The fourth-order valence-electron chi connectivity index (χ4n) is 2.33. The van der Waals surface area contributed by atoms with Gasteiger partial charge in [0.1, 0.15) is 0 Å². The highest BCUT2D eigenvalue weighted by Crippen LogP contribution is 2.42. The van der Waals surface area contributed by atoms with Gasteiger partial charge in [0, 0.05) is 29.7 Å². The van der Waals surface area contributed by atoms with Crippen molar-refractivity contribution in [2.75, 3.05) is 18.0 Å². The summed E-state index contributed by atoms with van der Waals surface area (Å²) in [5.41, 5.74) is 9.01. The molecule has 3 nitrogen and oxygen atoms in total. The Morgan fingerprint density at radius 1 is 1.44 bits per heavy atom. The summed E-state index contributed by atoms with van der Waals surface area (Å²) >= 11 is 1.87. The fraction of sp³-hybridized carbons (Fsp3) is 0.500. The van der Waals surface area contributed by atoms with Gasteiger partial charge in [-0.05, 0) is 25.0 Å². The molecule has 1 amide bonds. The van der Waals surface area contributed by atoms with Gasteiger partial charge < -0.3 is 10.6 Å². The van der Waals surface area contributed by atoms with Crippen LogP contribution in [0.1, 0.15) is 24.5 Å². The van der Waals surface area contributed by atoms with Gasteiger partial charge in [0.2, 0.25) is 5.91 Å². The van der Waals surface area contributed by atoms with Gasteiger partial charge in [-0.2, -0.15) is 0 Å². The van der Waals surface area contributed by atoms with Crippen LogP contribution in [0.2, 0.25) is 0 Å². The molecule has 1 heterocycles. The summed E-state index contributed by atoms with van der Waals surface area (Å²) < 4.78 is 0. The number of carbonyl (C=O) groups is 1. The van der Waals surface area contributed by atoms with Gasteiger partial charge in [0.15, 0.2) is 0 Å². The Hall–Kier alpha value is -1.00. The van der Waals surface area contributed by atoms with Crippen LogP contribution in [0.15, 0.2) is 17.0 Å². The number of anilines is 1. The average molecular weight is 264 g/mol. The van der Waals surface area contributed by atoms with E-state index in [4.69, 9.17) is 5.73 Å². The molecule has 0 radical (unpaired) electrons. The standard InChI is InChI=1S/C14H20N2OS/c1-9-4-5-10(2)14-13(9)16(8-11(3)18-14)12(17)6-7-15/h4-5,11H,6-8,15H2,1-3H3. The summed E-state index contributed by atoms with van der Waals surface area (Å²) in [5, 5.41) is 0.430. The lowest BCUT2D eigenvalue weighted by Crippen LogP contribution is -2.40. The zero-order chi connectivity index (χ0) is 13.3. The number of hydrogen-bond acceptors (Lipinski definition) is 3. The molecule has 0 spiro atoms. The summed E-state index contributed by atoms with van der Waals surface area (Å²) in [6.07, 6.45) is 0.421. The van der Waals surface area contributed by atoms with Crippen LogP contribution in [0, 0.1) is 13.8 Å².